The zero-order valence-corrected chi connectivity index (χ0v) is 14.4. The van der Waals surface area contributed by atoms with Gasteiger partial charge >= 0.3 is 0 Å². The summed E-state index contributed by atoms with van der Waals surface area (Å²) in [7, 11) is 0. The van der Waals surface area contributed by atoms with Crippen LogP contribution in [0.15, 0.2) is 42.6 Å². The molecule has 4 nitrogen and oxygen atoms in total. The van der Waals surface area contributed by atoms with Crippen LogP contribution in [0.5, 0.6) is 0 Å². The lowest BCUT2D eigenvalue weighted by Gasteiger charge is -2.08. The summed E-state index contributed by atoms with van der Waals surface area (Å²) in [6.07, 6.45) is 1.56. The van der Waals surface area contributed by atoms with E-state index in [1.807, 2.05) is 32.0 Å². The summed E-state index contributed by atoms with van der Waals surface area (Å²) in [5.41, 5.74) is 3.94. The Labute approximate surface area is 145 Å². The molecule has 0 saturated carbocycles. The van der Waals surface area contributed by atoms with Crippen LogP contribution in [0.2, 0.25) is 5.02 Å². The van der Waals surface area contributed by atoms with Gasteiger partial charge in [0.05, 0.1) is 11.1 Å². The van der Waals surface area contributed by atoms with Crippen LogP contribution < -0.4 is 5.32 Å². The number of fused-ring (bicyclic) bond motifs is 1. The van der Waals surface area contributed by atoms with Gasteiger partial charge in [-0.2, -0.15) is 0 Å². The Morgan fingerprint density at radius 3 is 2.50 bits per heavy atom. The first-order chi connectivity index (χ1) is 11.4. The highest BCUT2D eigenvalue weighted by Gasteiger charge is 2.17. The second-order valence-corrected chi connectivity index (χ2v) is 6.30. The molecule has 1 heterocycles. The third-order valence-corrected chi connectivity index (χ3v) is 4.22. The van der Waals surface area contributed by atoms with E-state index in [0.717, 1.165) is 16.8 Å². The number of aromatic nitrogens is 1. The van der Waals surface area contributed by atoms with Crippen LogP contribution >= 0.6 is 11.6 Å². The maximum Gasteiger partial charge on any atom is 0.257 e. The Morgan fingerprint density at radius 2 is 1.83 bits per heavy atom. The molecule has 1 amide bonds. The lowest BCUT2D eigenvalue weighted by molar-refractivity contribution is 0.0941. The summed E-state index contributed by atoms with van der Waals surface area (Å²) < 4.78 is 1.44. The minimum absolute atomic E-state index is 0.173. The van der Waals surface area contributed by atoms with Gasteiger partial charge in [-0.05, 0) is 37.6 Å². The van der Waals surface area contributed by atoms with Crippen LogP contribution in [0, 0.1) is 13.8 Å². The van der Waals surface area contributed by atoms with Crippen molar-refractivity contribution in [1.29, 1.82) is 0 Å². The van der Waals surface area contributed by atoms with Crippen LogP contribution in [0.4, 0.5) is 5.69 Å². The van der Waals surface area contributed by atoms with Gasteiger partial charge < -0.3 is 5.32 Å². The topological polar surface area (TPSA) is 51.1 Å². The van der Waals surface area contributed by atoms with Crippen molar-refractivity contribution in [3.63, 3.8) is 0 Å². The van der Waals surface area contributed by atoms with Crippen LogP contribution in [0.25, 0.3) is 10.9 Å². The van der Waals surface area contributed by atoms with E-state index in [9.17, 15) is 9.59 Å². The van der Waals surface area contributed by atoms with E-state index in [-0.39, 0.29) is 11.8 Å². The minimum atomic E-state index is -0.255. The van der Waals surface area contributed by atoms with Gasteiger partial charge in [0.25, 0.3) is 5.91 Å². The molecular weight excluding hydrogens is 324 g/mol. The molecule has 0 atom stereocenters. The summed E-state index contributed by atoms with van der Waals surface area (Å²) in [5.74, 6) is -0.429. The number of halogens is 1. The maximum atomic E-state index is 12.7. The van der Waals surface area contributed by atoms with Crippen molar-refractivity contribution in [3.05, 3.63) is 64.3 Å². The average molecular weight is 341 g/mol. The van der Waals surface area contributed by atoms with Crippen LogP contribution in [-0.4, -0.2) is 16.4 Å². The molecule has 0 aliphatic rings. The highest BCUT2D eigenvalue weighted by Crippen LogP contribution is 2.26. The number of hydrogen-bond acceptors (Lipinski definition) is 2. The number of rotatable bonds is 2. The molecule has 0 aliphatic carbocycles. The fourth-order valence-electron chi connectivity index (χ4n) is 2.79. The number of nitrogens with zero attached hydrogens (tertiary/aromatic N) is 1. The molecule has 0 saturated heterocycles. The van der Waals surface area contributed by atoms with Gasteiger partial charge in [-0.15, -0.1) is 0 Å². The van der Waals surface area contributed by atoms with E-state index in [2.05, 4.69) is 5.32 Å². The van der Waals surface area contributed by atoms with Gasteiger partial charge in [0.2, 0.25) is 5.91 Å². The van der Waals surface area contributed by atoms with E-state index in [4.69, 9.17) is 11.6 Å². The van der Waals surface area contributed by atoms with Gasteiger partial charge in [-0.25, -0.2) is 0 Å². The largest absolute Gasteiger partial charge is 0.322 e. The van der Waals surface area contributed by atoms with Crippen molar-refractivity contribution in [3.8, 4) is 0 Å². The van der Waals surface area contributed by atoms with Crippen LogP contribution in [0.3, 0.4) is 0 Å². The summed E-state index contributed by atoms with van der Waals surface area (Å²) in [5, 5.41) is 4.13. The maximum absolute atomic E-state index is 12.7. The number of anilines is 1. The molecule has 0 spiro atoms. The number of aryl methyl sites for hydroxylation is 2. The SMILES string of the molecule is CC(=O)n1cc(C(=O)Nc2ccc(C)cc2C)c2ccc(Cl)cc21. The Balaban J connectivity index is 2.05. The first-order valence-electron chi connectivity index (χ1n) is 7.57. The predicted octanol–water partition coefficient (Wildman–Crippen LogP) is 4.82. The average Bonchev–Trinajstić information content (AvgIpc) is 2.89. The number of benzene rings is 2. The lowest BCUT2D eigenvalue weighted by Crippen LogP contribution is -2.12. The van der Waals surface area contributed by atoms with Crippen molar-refractivity contribution >= 4 is 40.0 Å². The minimum Gasteiger partial charge on any atom is -0.322 e. The normalized spacial score (nSPS) is 10.8. The fraction of sp³-hybridized carbons (Fsp3) is 0.158. The summed E-state index contributed by atoms with van der Waals surface area (Å²) in [4.78, 5) is 24.6. The molecule has 122 valence electrons. The molecule has 0 radical (unpaired) electrons. The Kier molecular flexibility index (Phi) is 4.16. The Morgan fingerprint density at radius 1 is 1.08 bits per heavy atom. The van der Waals surface area contributed by atoms with E-state index >= 15 is 0 Å². The van der Waals surface area contributed by atoms with Crippen molar-refractivity contribution in [2.45, 2.75) is 20.8 Å². The molecule has 1 N–H and O–H groups in total. The van der Waals surface area contributed by atoms with E-state index in [0.29, 0.717) is 21.5 Å². The van der Waals surface area contributed by atoms with Crippen molar-refractivity contribution in [1.82, 2.24) is 4.57 Å². The van der Waals surface area contributed by atoms with Crippen molar-refractivity contribution in [2.24, 2.45) is 0 Å². The van der Waals surface area contributed by atoms with Gasteiger partial charge in [0, 0.05) is 29.2 Å². The quantitative estimate of drug-likeness (QED) is 0.726. The zero-order valence-electron chi connectivity index (χ0n) is 13.7. The molecule has 5 heteroatoms. The van der Waals surface area contributed by atoms with Gasteiger partial charge in [-0.3, -0.25) is 14.2 Å². The molecular formula is C19H17ClN2O2. The van der Waals surface area contributed by atoms with Gasteiger partial charge in [0.1, 0.15) is 0 Å². The fourth-order valence-corrected chi connectivity index (χ4v) is 2.95. The number of hydrogen-bond donors (Lipinski definition) is 1. The molecule has 24 heavy (non-hydrogen) atoms. The molecule has 0 unspecified atom stereocenters. The van der Waals surface area contributed by atoms with Crippen molar-refractivity contribution in [2.75, 3.05) is 5.32 Å². The summed E-state index contributed by atoms with van der Waals surface area (Å²) in [6.45, 7) is 5.40. The first kappa shape index (κ1) is 16.3. The second kappa shape index (κ2) is 6.13. The summed E-state index contributed by atoms with van der Waals surface area (Å²) >= 11 is 6.02. The molecule has 0 fully saturated rings. The standard InChI is InChI=1S/C19H17ClN2O2/c1-11-4-7-17(12(2)8-11)21-19(24)16-10-22(13(3)23)18-9-14(20)5-6-15(16)18/h4-10H,1-3H3,(H,21,24). The smallest absolute Gasteiger partial charge is 0.257 e. The first-order valence-corrected chi connectivity index (χ1v) is 7.95. The molecule has 0 bridgehead atoms. The Bertz CT molecular complexity index is 973. The van der Waals surface area contributed by atoms with E-state index in [1.54, 1.807) is 24.4 Å². The summed E-state index contributed by atoms with van der Waals surface area (Å²) in [6, 6.07) is 11.0. The zero-order chi connectivity index (χ0) is 17.4. The number of nitrogens with one attached hydrogen (secondary N) is 1. The number of carbonyl (C=O) groups excluding carboxylic acids is 2. The van der Waals surface area contributed by atoms with Crippen molar-refractivity contribution < 1.29 is 9.59 Å². The number of amides is 1. The molecule has 2 aromatic carbocycles. The predicted molar refractivity (Wildman–Crippen MR) is 97.1 cm³/mol. The van der Waals surface area contributed by atoms with E-state index in [1.165, 1.54) is 11.5 Å². The molecule has 3 rings (SSSR count). The third kappa shape index (κ3) is 2.93. The van der Waals surface area contributed by atoms with Crippen LogP contribution in [-0.2, 0) is 0 Å². The van der Waals surface area contributed by atoms with Crippen LogP contribution in [0.1, 0.15) is 33.2 Å². The molecule has 1 aromatic heterocycles. The second-order valence-electron chi connectivity index (χ2n) is 5.87. The van der Waals surface area contributed by atoms with Gasteiger partial charge in [-0.1, -0.05) is 35.4 Å². The third-order valence-electron chi connectivity index (χ3n) is 3.98. The monoisotopic (exact) mass is 340 g/mol. The van der Waals surface area contributed by atoms with Gasteiger partial charge in [0.15, 0.2) is 0 Å². The van der Waals surface area contributed by atoms with E-state index < -0.39 is 0 Å². The highest BCUT2D eigenvalue weighted by atomic mass is 35.5. The lowest BCUT2D eigenvalue weighted by atomic mass is 10.1. The highest BCUT2D eigenvalue weighted by molar-refractivity contribution is 6.31. The molecule has 0 aliphatic heterocycles. The number of carbonyl (C=O) groups is 2. The molecule has 3 aromatic rings. The Hall–Kier alpha value is -2.59.